The van der Waals surface area contributed by atoms with Crippen molar-refractivity contribution in [3.8, 4) is 0 Å². The number of amides is 1. The topological polar surface area (TPSA) is 68.0 Å². The second kappa shape index (κ2) is 4.65. The highest BCUT2D eigenvalue weighted by atomic mass is 16.1. The standard InChI is InChI=1S/C13H13N3O/c1-9-3-2-4-11(7-9)16-13(17)10-5-6-12(14)15-8-10/h2-8H,1H3,(H2,14,15)(H,16,17). The Balaban J connectivity index is 2.14. The molecule has 1 aromatic heterocycles. The smallest absolute Gasteiger partial charge is 0.257 e. The van der Waals surface area contributed by atoms with E-state index in [1.54, 1.807) is 12.1 Å². The minimum atomic E-state index is -0.192. The number of pyridine rings is 1. The van der Waals surface area contributed by atoms with Gasteiger partial charge in [0.25, 0.3) is 5.91 Å². The number of nitrogen functional groups attached to an aromatic ring is 1. The summed E-state index contributed by atoms with van der Waals surface area (Å²) in [5.74, 6) is 0.209. The van der Waals surface area contributed by atoms with Gasteiger partial charge in [0.15, 0.2) is 0 Å². The van der Waals surface area contributed by atoms with E-state index in [1.807, 2.05) is 31.2 Å². The van der Waals surface area contributed by atoms with Crippen LogP contribution < -0.4 is 11.1 Å². The van der Waals surface area contributed by atoms with Crippen LogP contribution in [0.5, 0.6) is 0 Å². The summed E-state index contributed by atoms with van der Waals surface area (Å²) in [6.45, 7) is 1.97. The van der Waals surface area contributed by atoms with Crippen molar-refractivity contribution in [2.75, 3.05) is 11.1 Å². The maximum atomic E-state index is 11.8. The molecule has 0 bridgehead atoms. The fraction of sp³-hybridized carbons (Fsp3) is 0.0769. The van der Waals surface area contributed by atoms with Crippen LogP contribution in [0.15, 0.2) is 42.6 Å². The molecule has 0 saturated heterocycles. The number of anilines is 2. The van der Waals surface area contributed by atoms with Gasteiger partial charge in [-0.25, -0.2) is 4.98 Å². The molecule has 1 heterocycles. The second-order valence-electron chi connectivity index (χ2n) is 3.80. The van der Waals surface area contributed by atoms with E-state index in [0.717, 1.165) is 11.3 Å². The highest BCUT2D eigenvalue weighted by molar-refractivity contribution is 6.04. The molecule has 3 N–H and O–H groups in total. The molecule has 86 valence electrons. The molecule has 0 aliphatic carbocycles. The highest BCUT2D eigenvalue weighted by Gasteiger charge is 2.05. The Morgan fingerprint density at radius 3 is 2.76 bits per heavy atom. The van der Waals surface area contributed by atoms with E-state index in [1.165, 1.54) is 6.20 Å². The van der Waals surface area contributed by atoms with Crippen molar-refractivity contribution < 1.29 is 4.79 Å². The van der Waals surface area contributed by atoms with Gasteiger partial charge in [0.1, 0.15) is 5.82 Å². The summed E-state index contributed by atoms with van der Waals surface area (Å²) in [5, 5.41) is 2.80. The van der Waals surface area contributed by atoms with Crippen LogP contribution in [0.25, 0.3) is 0 Å². The average molecular weight is 227 g/mol. The van der Waals surface area contributed by atoms with Crippen molar-refractivity contribution in [2.45, 2.75) is 6.92 Å². The number of nitrogens with two attached hydrogens (primary N) is 1. The van der Waals surface area contributed by atoms with Crippen LogP contribution in [-0.4, -0.2) is 10.9 Å². The molecule has 4 nitrogen and oxygen atoms in total. The molecule has 4 heteroatoms. The van der Waals surface area contributed by atoms with Crippen molar-refractivity contribution in [1.29, 1.82) is 0 Å². The first-order chi connectivity index (χ1) is 8.15. The molecule has 0 fully saturated rings. The number of carbonyl (C=O) groups is 1. The summed E-state index contributed by atoms with van der Waals surface area (Å²) in [7, 11) is 0. The number of nitrogens with zero attached hydrogens (tertiary/aromatic N) is 1. The molecule has 0 aliphatic rings. The van der Waals surface area contributed by atoms with Crippen LogP contribution in [0.2, 0.25) is 0 Å². The molecule has 17 heavy (non-hydrogen) atoms. The van der Waals surface area contributed by atoms with E-state index in [2.05, 4.69) is 10.3 Å². The zero-order valence-corrected chi connectivity index (χ0v) is 9.47. The Bertz CT molecular complexity index is 535. The molecule has 0 aliphatic heterocycles. The van der Waals surface area contributed by atoms with Crippen LogP contribution in [-0.2, 0) is 0 Å². The van der Waals surface area contributed by atoms with Gasteiger partial charge in [-0.3, -0.25) is 4.79 Å². The van der Waals surface area contributed by atoms with Gasteiger partial charge >= 0.3 is 0 Å². The third kappa shape index (κ3) is 2.81. The summed E-state index contributed by atoms with van der Waals surface area (Å²) in [6.07, 6.45) is 1.46. The molecule has 0 radical (unpaired) electrons. The van der Waals surface area contributed by atoms with Gasteiger partial charge in [-0.15, -0.1) is 0 Å². The normalized spacial score (nSPS) is 9.94. The predicted octanol–water partition coefficient (Wildman–Crippen LogP) is 2.22. The Morgan fingerprint density at radius 2 is 2.12 bits per heavy atom. The zero-order chi connectivity index (χ0) is 12.3. The minimum Gasteiger partial charge on any atom is -0.384 e. The highest BCUT2D eigenvalue weighted by Crippen LogP contribution is 2.11. The van der Waals surface area contributed by atoms with Crippen LogP contribution in [0.1, 0.15) is 15.9 Å². The molecule has 1 aromatic carbocycles. The number of rotatable bonds is 2. The van der Waals surface area contributed by atoms with E-state index in [-0.39, 0.29) is 5.91 Å². The van der Waals surface area contributed by atoms with Crippen molar-refractivity contribution in [2.24, 2.45) is 0 Å². The lowest BCUT2D eigenvalue weighted by Crippen LogP contribution is -2.12. The number of aryl methyl sites for hydroxylation is 1. The lowest BCUT2D eigenvalue weighted by Gasteiger charge is -2.05. The second-order valence-corrected chi connectivity index (χ2v) is 3.80. The first-order valence-corrected chi connectivity index (χ1v) is 5.25. The van der Waals surface area contributed by atoms with Crippen molar-refractivity contribution in [3.05, 3.63) is 53.7 Å². The lowest BCUT2D eigenvalue weighted by molar-refractivity contribution is 0.102. The van der Waals surface area contributed by atoms with Crippen molar-refractivity contribution >= 4 is 17.4 Å². The first kappa shape index (κ1) is 11.1. The van der Waals surface area contributed by atoms with Crippen LogP contribution in [0.4, 0.5) is 11.5 Å². The third-order valence-electron chi connectivity index (χ3n) is 2.32. The molecule has 2 rings (SSSR count). The first-order valence-electron chi connectivity index (χ1n) is 5.25. The Morgan fingerprint density at radius 1 is 1.29 bits per heavy atom. The maximum absolute atomic E-state index is 11.8. The number of benzene rings is 1. The summed E-state index contributed by atoms with van der Waals surface area (Å²) >= 11 is 0. The van der Waals surface area contributed by atoms with Gasteiger partial charge in [0, 0.05) is 11.9 Å². The lowest BCUT2D eigenvalue weighted by atomic mass is 10.2. The minimum absolute atomic E-state index is 0.192. The number of carbonyl (C=O) groups excluding carboxylic acids is 1. The van der Waals surface area contributed by atoms with E-state index >= 15 is 0 Å². The predicted molar refractivity (Wildman–Crippen MR) is 67.8 cm³/mol. The quantitative estimate of drug-likeness (QED) is 0.826. The van der Waals surface area contributed by atoms with Gasteiger partial charge in [-0.1, -0.05) is 12.1 Å². The summed E-state index contributed by atoms with van der Waals surface area (Å²) in [5.41, 5.74) is 7.81. The summed E-state index contributed by atoms with van der Waals surface area (Å²) < 4.78 is 0. The molecular formula is C13H13N3O. The number of nitrogens with one attached hydrogen (secondary N) is 1. The SMILES string of the molecule is Cc1cccc(NC(=O)c2ccc(N)nc2)c1. The Labute approximate surface area is 99.5 Å². The fourth-order valence-corrected chi connectivity index (χ4v) is 1.47. The van der Waals surface area contributed by atoms with Gasteiger partial charge in [-0.05, 0) is 36.8 Å². The third-order valence-corrected chi connectivity index (χ3v) is 2.32. The van der Waals surface area contributed by atoms with E-state index in [4.69, 9.17) is 5.73 Å². The average Bonchev–Trinajstić information content (AvgIpc) is 2.29. The van der Waals surface area contributed by atoms with E-state index < -0.39 is 0 Å². The number of aromatic nitrogens is 1. The molecule has 0 spiro atoms. The summed E-state index contributed by atoms with van der Waals surface area (Å²) in [6, 6.07) is 10.9. The summed E-state index contributed by atoms with van der Waals surface area (Å²) in [4.78, 5) is 15.7. The van der Waals surface area contributed by atoms with Gasteiger partial charge in [-0.2, -0.15) is 0 Å². The molecule has 0 saturated carbocycles. The molecule has 2 aromatic rings. The van der Waals surface area contributed by atoms with E-state index in [9.17, 15) is 4.79 Å². The molecular weight excluding hydrogens is 214 g/mol. The number of hydrogen-bond acceptors (Lipinski definition) is 3. The fourth-order valence-electron chi connectivity index (χ4n) is 1.47. The van der Waals surface area contributed by atoms with Crippen LogP contribution in [0.3, 0.4) is 0 Å². The largest absolute Gasteiger partial charge is 0.384 e. The van der Waals surface area contributed by atoms with Gasteiger partial charge < -0.3 is 11.1 Å². The molecule has 0 atom stereocenters. The molecule has 1 amide bonds. The van der Waals surface area contributed by atoms with Gasteiger partial charge in [0.2, 0.25) is 0 Å². The number of hydrogen-bond donors (Lipinski definition) is 2. The Kier molecular flexibility index (Phi) is 3.05. The van der Waals surface area contributed by atoms with Crippen molar-refractivity contribution in [1.82, 2.24) is 4.98 Å². The van der Waals surface area contributed by atoms with Crippen molar-refractivity contribution in [3.63, 3.8) is 0 Å². The maximum Gasteiger partial charge on any atom is 0.257 e. The van der Waals surface area contributed by atoms with E-state index in [0.29, 0.717) is 11.4 Å². The Hall–Kier alpha value is -2.36. The van der Waals surface area contributed by atoms with Gasteiger partial charge in [0.05, 0.1) is 5.56 Å². The van der Waals surface area contributed by atoms with Crippen LogP contribution in [0, 0.1) is 6.92 Å². The monoisotopic (exact) mass is 227 g/mol. The zero-order valence-electron chi connectivity index (χ0n) is 9.47. The van der Waals surface area contributed by atoms with Crippen LogP contribution >= 0.6 is 0 Å². The molecule has 0 unspecified atom stereocenters.